The number of nitrogens with zero attached hydrogens (tertiary/aromatic N) is 5. The first-order chi connectivity index (χ1) is 21.0. The third kappa shape index (κ3) is 5.64. The molecule has 44 heavy (non-hydrogen) atoms. The van der Waals surface area contributed by atoms with Gasteiger partial charge in [-0.2, -0.15) is 13.2 Å². The molecule has 3 heterocycles. The number of aliphatic hydroxyl groups is 1. The lowest BCUT2D eigenvalue weighted by molar-refractivity contribution is -0.138. The number of alkyl halides is 3. The summed E-state index contributed by atoms with van der Waals surface area (Å²) >= 11 is 0. The van der Waals surface area contributed by atoms with E-state index in [2.05, 4.69) is 20.5 Å². The fourth-order valence-corrected chi connectivity index (χ4v) is 5.64. The van der Waals surface area contributed by atoms with E-state index in [1.54, 1.807) is 29.8 Å². The van der Waals surface area contributed by atoms with E-state index < -0.39 is 29.1 Å². The summed E-state index contributed by atoms with van der Waals surface area (Å²) in [7, 11) is 1.72. The normalized spacial score (nSPS) is 15.8. The lowest BCUT2D eigenvalue weighted by atomic mass is 9.81. The van der Waals surface area contributed by atoms with Crippen LogP contribution >= 0.6 is 0 Å². The molecule has 1 aliphatic carbocycles. The smallest absolute Gasteiger partial charge is 0.387 e. The number of hydrogen-bond donors (Lipinski definition) is 2. The van der Waals surface area contributed by atoms with Crippen molar-refractivity contribution in [1.29, 1.82) is 0 Å². The molecule has 2 aliphatic rings. The lowest BCUT2D eigenvalue weighted by Crippen LogP contribution is -2.41. The molecular weight excluding hydrogens is 580 g/mol. The highest BCUT2D eigenvalue weighted by Crippen LogP contribution is 2.41. The number of carbonyl (C=O) groups is 1. The molecule has 2 aromatic carbocycles. The van der Waals surface area contributed by atoms with Crippen molar-refractivity contribution in [3.05, 3.63) is 76.9 Å². The van der Waals surface area contributed by atoms with Crippen LogP contribution < -0.4 is 10.2 Å². The predicted octanol–water partition coefficient (Wildman–Crippen LogP) is 5.73. The van der Waals surface area contributed by atoms with Crippen molar-refractivity contribution in [2.45, 2.75) is 51.1 Å². The molecule has 230 valence electrons. The number of rotatable bonds is 9. The molecule has 0 bridgehead atoms. The van der Waals surface area contributed by atoms with Gasteiger partial charge in [-0.3, -0.25) is 9.69 Å². The highest BCUT2D eigenvalue weighted by atomic mass is 19.4. The molecule has 9 nitrogen and oxygen atoms in total. The first kappa shape index (κ1) is 29.7. The van der Waals surface area contributed by atoms with Crippen LogP contribution in [0.1, 0.15) is 53.2 Å². The number of aromatic nitrogens is 4. The van der Waals surface area contributed by atoms with Crippen molar-refractivity contribution in [2.75, 3.05) is 23.4 Å². The molecule has 0 radical (unpaired) electrons. The van der Waals surface area contributed by atoms with Crippen LogP contribution in [0.15, 0.2) is 48.8 Å². The minimum atomic E-state index is -4.72. The fourth-order valence-electron chi connectivity index (χ4n) is 5.64. The first-order valence-electron chi connectivity index (χ1n) is 14.2. The van der Waals surface area contributed by atoms with Gasteiger partial charge < -0.3 is 19.7 Å². The lowest BCUT2D eigenvalue weighted by Gasteiger charge is -2.36. The molecule has 1 saturated carbocycles. The van der Waals surface area contributed by atoms with Crippen molar-refractivity contribution >= 4 is 17.5 Å². The first-order valence-corrected chi connectivity index (χ1v) is 14.2. The maximum Gasteiger partial charge on any atom is 0.416 e. The third-order valence-electron chi connectivity index (χ3n) is 8.02. The standard InChI is InChI=1S/C31H30F4N6O3/c1-3-36-26-11-19(21-6-5-20(32)13-22(21)28-39-37-17-40(28)2)12-27(38-26)41-14-24-23(29(41)42)9-18(10-25(24)31(33,34)35)15-44-16-30(43)7-4-8-30/h5-6,9-13,17,43H,3-4,7-8,14-16H2,1-2H3,(H,36,38). The van der Waals surface area contributed by atoms with Crippen LogP contribution in [0.3, 0.4) is 0 Å². The van der Waals surface area contributed by atoms with E-state index in [1.165, 1.54) is 29.4 Å². The topological polar surface area (TPSA) is 105 Å². The number of pyridine rings is 1. The summed E-state index contributed by atoms with van der Waals surface area (Å²) in [5.74, 6) is -0.201. The number of nitrogens with one attached hydrogen (secondary N) is 1. The summed E-state index contributed by atoms with van der Waals surface area (Å²) in [6, 6.07) is 9.92. The summed E-state index contributed by atoms with van der Waals surface area (Å²) in [6.07, 6.45) is -1.20. The van der Waals surface area contributed by atoms with E-state index in [4.69, 9.17) is 4.74 Å². The zero-order valence-corrected chi connectivity index (χ0v) is 24.1. The number of anilines is 2. The van der Waals surface area contributed by atoms with Gasteiger partial charge in [0.25, 0.3) is 5.91 Å². The molecular formula is C31H30F4N6O3. The van der Waals surface area contributed by atoms with E-state index in [0.29, 0.717) is 47.7 Å². The number of carbonyl (C=O) groups excluding carboxylic acids is 1. The van der Waals surface area contributed by atoms with Crippen molar-refractivity contribution in [3.8, 4) is 22.5 Å². The Hall–Kier alpha value is -4.36. The van der Waals surface area contributed by atoms with Crippen LogP contribution in [0.2, 0.25) is 0 Å². The number of amides is 1. The molecule has 4 aromatic rings. The van der Waals surface area contributed by atoms with E-state index in [1.807, 2.05) is 6.92 Å². The second-order valence-electron chi connectivity index (χ2n) is 11.2. The van der Waals surface area contributed by atoms with Crippen LogP contribution in [0.4, 0.5) is 29.2 Å². The Kier molecular flexibility index (Phi) is 7.62. The highest BCUT2D eigenvalue weighted by molar-refractivity contribution is 6.10. The summed E-state index contributed by atoms with van der Waals surface area (Å²) in [5, 5.41) is 21.4. The zero-order valence-electron chi connectivity index (χ0n) is 24.1. The summed E-state index contributed by atoms with van der Waals surface area (Å²) < 4.78 is 64.4. The number of aryl methyl sites for hydroxylation is 1. The van der Waals surface area contributed by atoms with Crippen LogP contribution in [0, 0.1) is 5.82 Å². The quantitative estimate of drug-likeness (QED) is 0.234. The van der Waals surface area contributed by atoms with Gasteiger partial charge in [-0.25, -0.2) is 9.37 Å². The second-order valence-corrected chi connectivity index (χ2v) is 11.2. The maximum atomic E-state index is 14.4. The van der Waals surface area contributed by atoms with Gasteiger partial charge in [-0.05, 0) is 84.8 Å². The molecule has 6 rings (SSSR count). The summed E-state index contributed by atoms with van der Waals surface area (Å²) in [5.41, 5.74) is -0.362. The van der Waals surface area contributed by atoms with Crippen molar-refractivity contribution in [2.24, 2.45) is 7.05 Å². The van der Waals surface area contributed by atoms with Gasteiger partial charge in [0.2, 0.25) is 0 Å². The molecule has 0 saturated heterocycles. The number of ether oxygens (including phenoxy) is 1. The largest absolute Gasteiger partial charge is 0.416 e. The van der Waals surface area contributed by atoms with Crippen molar-refractivity contribution in [1.82, 2.24) is 19.7 Å². The molecule has 2 aromatic heterocycles. The van der Waals surface area contributed by atoms with E-state index in [-0.39, 0.29) is 42.3 Å². The monoisotopic (exact) mass is 610 g/mol. The van der Waals surface area contributed by atoms with Crippen LogP contribution in [0.5, 0.6) is 0 Å². The van der Waals surface area contributed by atoms with E-state index >= 15 is 0 Å². The minimum absolute atomic E-state index is 0.00907. The summed E-state index contributed by atoms with van der Waals surface area (Å²) in [6.45, 7) is 1.83. The molecule has 1 amide bonds. The Morgan fingerprint density at radius 3 is 2.55 bits per heavy atom. The van der Waals surface area contributed by atoms with Gasteiger partial charge in [0.05, 0.1) is 30.9 Å². The van der Waals surface area contributed by atoms with Crippen LogP contribution in [-0.2, 0) is 31.1 Å². The molecule has 0 atom stereocenters. The molecule has 1 fully saturated rings. The van der Waals surface area contributed by atoms with Crippen molar-refractivity contribution in [3.63, 3.8) is 0 Å². The molecule has 13 heteroatoms. The zero-order chi connectivity index (χ0) is 31.2. The summed E-state index contributed by atoms with van der Waals surface area (Å²) in [4.78, 5) is 19.5. The van der Waals surface area contributed by atoms with Gasteiger partial charge in [-0.1, -0.05) is 6.07 Å². The van der Waals surface area contributed by atoms with Gasteiger partial charge in [0.15, 0.2) is 5.82 Å². The third-order valence-corrected chi connectivity index (χ3v) is 8.02. The predicted molar refractivity (Wildman–Crippen MR) is 154 cm³/mol. The SMILES string of the molecule is CCNc1cc(-c2ccc(F)cc2-c2nncn2C)cc(N2Cc3c(cc(COCC4(O)CCC4)cc3C(F)(F)F)C2=O)n1. The number of fused-ring (bicyclic) bond motifs is 1. The van der Waals surface area contributed by atoms with Gasteiger partial charge >= 0.3 is 6.18 Å². The number of hydrogen-bond acceptors (Lipinski definition) is 7. The molecule has 1 aliphatic heterocycles. The van der Waals surface area contributed by atoms with Gasteiger partial charge in [0, 0.05) is 24.7 Å². The average Bonchev–Trinajstić information content (AvgIpc) is 3.54. The number of halogens is 4. The van der Waals surface area contributed by atoms with E-state index in [9.17, 15) is 27.5 Å². The van der Waals surface area contributed by atoms with Gasteiger partial charge in [0.1, 0.15) is 23.8 Å². The van der Waals surface area contributed by atoms with Crippen LogP contribution in [-0.4, -0.2) is 49.5 Å². The Bertz CT molecular complexity index is 1730. The van der Waals surface area contributed by atoms with Crippen LogP contribution in [0.25, 0.3) is 22.5 Å². The Morgan fingerprint density at radius 1 is 1.09 bits per heavy atom. The molecule has 2 N–H and O–H groups in total. The minimum Gasteiger partial charge on any atom is -0.387 e. The number of benzene rings is 2. The van der Waals surface area contributed by atoms with Crippen molar-refractivity contribution < 1.29 is 32.2 Å². The Labute approximate surface area is 250 Å². The van der Waals surface area contributed by atoms with Gasteiger partial charge in [-0.15, -0.1) is 10.2 Å². The fraction of sp³-hybridized carbons (Fsp3) is 0.355. The highest BCUT2D eigenvalue weighted by Gasteiger charge is 2.41. The average molecular weight is 611 g/mol. The Balaban J connectivity index is 1.38. The second kappa shape index (κ2) is 11.3. The van der Waals surface area contributed by atoms with E-state index in [0.717, 1.165) is 12.5 Å². The maximum absolute atomic E-state index is 14.4. The Morgan fingerprint density at radius 2 is 1.89 bits per heavy atom. The molecule has 0 unspecified atom stereocenters. The molecule has 0 spiro atoms.